The number of hydrogen-bond donors (Lipinski definition) is 2. The highest BCUT2D eigenvalue weighted by molar-refractivity contribution is 7.09. The van der Waals surface area contributed by atoms with Crippen LogP contribution < -0.4 is 11.1 Å². The Kier molecular flexibility index (Phi) is 3.91. The van der Waals surface area contributed by atoms with Crippen LogP contribution in [0.1, 0.15) is 24.3 Å². The van der Waals surface area contributed by atoms with E-state index in [-0.39, 0.29) is 5.54 Å². The molecule has 0 aromatic carbocycles. The van der Waals surface area contributed by atoms with Crippen LogP contribution in [0.3, 0.4) is 0 Å². The molecule has 1 aliphatic heterocycles. The highest BCUT2D eigenvalue weighted by atomic mass is 32.1. The molecule has 1 saturated heterocycles. The van der Waals surface area contributed by atoms with Gasteiger partial charge in [0.15, 0.2) is 0 Å². The number of ether oxygens (including phenoxy) is 1. The molecule has 2 rings (SSSR count). The van der Waals surface area contributed by atoms with Gasteiger partial charge in [-0.3, -0.25) is 0 Å². The molecule has 1 aliphatic rings. The molecule has 3 N–H and O–H groups in total. The summed E-state index contributed by atoms with van der Waals surface area (Å²) < 4.78 is 5.31. The van der Waals surface area contributed by atoms with Crippen molar-refractivity contribution >= 4 is 11.3 Å². The van der Waals surface area contributed by atoms with E-state index in [4.69, 9.17) is 10.5 Å². The molecule has 1 aromatic rings. The van der Waals surface area contributed by atoms with Gasteiger partial charge in [-0.05, 0) is 6.42 Å². The fourth-order valence-corrected chi connectivity index (χ4v) is 2.56. The third kappa shape index (κ3) is 3.01. The Labute approximate surface area is 100 Å². The monoisotopic (exact) mass is 241 g/mol. The number of nitrogens with one attached hydrogen (secondary N) is 1. The lowest BCUT2D eigenvalue weighted by atomic mass is 10.0. The second kappa shape index (κ2) is 5.23. The van der Waals surface area contributed by atoms with E-state index in [9.17, 15) is 0 Å². The van der Waals surface area contributed by atoms with E-state index in [0.29, 0.717) is 12.5 Å². The number of nitrogens with zero attached hydrogens (tertiary/aromatic N) is 1. The van der Waals surface area contributed by atoms with Crippen molar-refractivity contribution in [3.05, 3.63) is 16.6 Å². The van der Waals surface area contributed by atoms with Crippen molar-refractivity contribution < 1.29 is 4.74 Å². The van der Waals surface area contributed by atoms with E-state index in [1.807, 2.05) is 11.6 Å². The first kappa shape index (κ1) is 12.0. The van der Waals surface area contributed by atoms with Gasteiger partial charge in [-0.15, -0.1) is 11.3 Å². The fraction of sp³-hybridized carbons (Fsp3) is 0.727. The van der Waals surface area contributed by atoms with E-state index in [0.717, 1.165) is 26.1 Å². The fourth-order valence-electron chi connectivity index (χ4n) is 1.87. The van der Waals surface area contributed by atoms with E-state index >= 15 is 0 Å². The topological polar surface area (TPSA) is 60.2 Å². The summed E-state index contributed by atoms with van der Waals surface area (Å²) >= 11 is 1.71. The predicted octanol–water partition coefficient (Wildman–Crippen LogP) is 0.954. The summed E-state index contributed by atoms with van der Waals surface area (Å²) in [6, 6.07) is 0. The average Bonchev–Trinajstić information content (AvgIpc) is 2.88. The number of nitrogens with two attached hydrogens (primary N) is 1. The first-order chi connectivity index (χ1) is 7.70. The zero-order chi connectivity index (χ0) is 11.4. The van der Waals surface area contributed by atoms with E-state index in [1.54, 1.807) is 11.3 Å². The second-order valence-electron chi connectivity index (χ2n) is 4.57. The Morgan fingerprint density at radius 2 is 2.62 bits per heavy atom. The maximum Gasteiger partial charge on any atom is 0.0965 e. The molecule has 2 atom stereocenters. The smallest absolute Gasteiger partial charge is 0.0965 e. The lowest BCUT2D eigenvalue weighted by molar-refractivity contribution is 0.177. The summed E-state index contributed by atoms with van der Waals surface area (Å²) in [6.07, 6.45) is 2.80. The van der Waals surface area contributed by atoms with Crippen molar-refractivity contribution in [1.29, 1.82) is 0 Å². The van der Waals surface area contributed by atoms with Crippen LogP contribution in [0, 0.1) is 0 Å². The molecule has 5 heteroatoms. The van der Waals surface area contributed by atoms with Gasteiger partial charge in [0.05, 0.1) is 17.2 Å². The van der Waals surface area contributed by atoms with Gasteiger partial charge in [0.1, 0.15) is 0 Å². The summed E-state index contributed by atoms with van der Waals surface area (Å²) in [5.41, 5.74) is 6.00. The van der Waals surface area contributed by atoms with Crippen molar-refractivity contribution in [1.82, 2.24) is 10.3 Å². The van der Waals surface area contributed by atoms with E-state index < -0.39 is 0 Å². The molecule has 1 fully saturated rings. The van der Waals surface area contributed by atoms with Crippen molar-refractivity contribution in [2.45, 2.75) is 24.8 Å². The Hall–Kier alpha value is -0.490. The second-order valence-corrected chi connectivity index (χ2v) is 5.49. The summed E-state index contributed by atoms with van der Waals surface area (Å²) in [7, 11) is 0. The SMILES string of the molecule is CC(CNCC1(N)CCOC1)c1nccs1. The zero-order valence-corrected chi connectivity index (χ0v) is 10.4. The molecule has 16 heavy (non-hydrogen) atoms. The maximum atomic E-state index is 6.16. The van der Waals surface area contributed by atoms with Gasteiger partial charge in [-0.2, -0.15) is 0 Å². The Morgan fingerprint density at radius 3 is 3.25 bits per heavy atom. The van der Waals surface area contributed by atoms with Gasteiger partial charge >= 0.3 is 0 Å². The lowest BCUT2D eigenvalue weighted by Gasteiger charge is -2.23. The molecule has 0 saturated carbocycles. The van der Waals surface area contributed by atoms with Crippen LogP contribution in [0.25, 0.3) is 0 Å². The maximum absolute atomic E-state index is 6.16. The molecule has 1 aromatic heterocycles. The van der Waals surface area contributed by atoms with Crippen LogP contribution in [0.4, 0.5) is 0 Å². The zero-order valence-electron chi connectivity index (χ0n) is 9.61. The molecule has 2 unspecified atom stereocenters. The molecule has 0 bridgehead atoms. The van der Waals surface area contributed by atoms with Crippen LogP contribution in [0.5, 0.6) is 0 Å². The normalized spacial score (nSPS) is 27.1. The lowest BCUT2D eigenvalue weighted by Crippen LogP contribution is -2.49. The van der Waals surface area contributed by atoms with Crippen molar-refractivity contribution in [3.8, 4) is 0 Å². The molecule has 90 valence electrons. The summed E-state index contributed by atoms with van der Waals surface area (Å²) in [6.45, 7) is 5.39. The highest BCUT2D eigenvalue weighted by Crippen LogP contribution is 2.17. The minimum absolute atomic E-state index is 0.164. The van der Waals surface area contributed by atoms with Crippen LogP contribution in [0.2, 0.25) is 0 Å². The third-order valence-corrected chi connectivity index (χ3v) is 3.94. The third-order valence-electron chi connectivity index (χ3n) is 2.93. The van der Waals surface area contributed by atoms with Gasteiger partial charge < -0.3 is 15.8 Å². The minimum atomic E-state index is -0.164. The summed E-state index contributed by atoms with van der Waals surface area (Å²) in [4.78, 5) is 4.31. The van der Waals surface area contributed by atoms with Gasteiger partial charge in [-0.1, -0.05) is 6.92 Å². The van der Waals surface area contributed by atoms with Crippen LogP contribution in [-0.2, 0) is 4.74 Å². The molecule has 0 spiro atoms. The Morgan fingerprint density at radius 1 is 1.75 bits per heavy atom. The first-order valence-electron chi connectivity index (χ1n) is 5.66. The standard InChI is InChI=1S/C11H19N3OS/c1-9(10-14-3-5-16-10)6-13-7-11(12)2-4-15-8-11/h3,5,9,13H,2,4,6-8,12H2,1H3. The first-order valence-corrected chi connectivity index (χ1v) is 6.54. The molecule has 2 heterocycles. The average molecular weight is 241 g/mol. The number of rotatable bonds is 5. The molecular weight excluding hydrogens is 222 g/mol. The highest BCUT2D eigenvalue weighted by Gasteiger charge is 2.29. The minimum Gasteiger partial charge on any atom is -0.379 e. The largest absolute Gasteiger partial charge is 0.379 e. The Bertz CT molecular complexity index is 309. The van der Waals surface area contributed by atoms with Crippen molar-refractivity contribution in [2.75, 3.05) is 26.3 Å². The molecule has 0 aliphatic carbocycles. The van der Waals surface area contributed by atoms with Crippen LogP contribution >= 0.6 is 11.3 Å². The van der Waals surface area contributed by atoms with E-state index in [2.05, 4.69) is 17.2 Å². The number of aromatic nitrogens is 1. The van der Waals surface area contributed by atoms with E-state index in [1.165, 1.54) is 5.01 Å². The number of hydrogen-bond acceptors (Lipinski definition) is 5. The molecule has 0 amide bonds. The number of thiazole rings is 1. The summed E-state index contributed by atoms with van der Waals surface area (Å²) in [5, 5.41) is 6.61. The molecular formula is C11H19N3OS. The van der Waals surface area contributed by atoms with Crippen LogP contribution in [-0.4, -0.2) is 36.8 Å². The predicted molar refractivity (Wildman–Crippen MR) is 65.8 cm³/mol. The van der Waals surface area contributed by atoms with Gasteiger partial charge in [-0.25, -0.2) is 4.98 Å². The molecule has 0 radical (unpaired) electrons. The van der Waals surface area contributed by atoms with Crippen molar-refractivity contribution in [2.24, 2.45) is 5.73 Å². The van der Waals surface area contributed by atoms with Gasteiger partial charge in [0, 0.05) is 37.2 Å². The summed E-state index contributed by atoms with van der Waals surface area (Å²) in [5.74, 6) is 0.450. The van der Waals surface area contributed by atoms with Gasteiger partial charge in [0.2, 0.25) is 0 Å². The quantitative estimate of drug-likeness (QED) is 0.806. The van der Waals surface area contributed by atoms with Crippen molar-refractivity contribution in [3.63, 3.8) is 0 Å². The molecule has 4 nitrogen and oxygen atoms in total. The van der Waals surface area contributed by atoms with Gasteiger partial charge in [0.25, 0.3) is 0 Å². The Balaban J connectivity index is 1.72. The van der Waals surface area contributed by atoms with Crippen LogP contribution in [0.15, 0.2) is 11.6 Å².